The van der Waals surface area contributed by atoms with Gasteiger partial charge in [0, 0.05) is 28.8 Å². The normalized spacial score (nSPS) is 17.3. The van der Waals surface area contributed by atoms with Crippen LogP contribution in [-0.2, 0) is 5.41 Å². The highest BCUT2D eigenvalue weighted by Gasteiger charge is 2.27. The van der Waals surface area contributed by atoms with Crippen LogP contribution in [0.1, 0.15) is 63.7 Å². The third-order valence-corrected chi connectivity index (χ3v) is 2.88. The molecule has 0 aromatic carbocycles. The van der Waals surface area contributed by atoms with Crippen LogP contribution in [0.2, 0.25) is 0 Å². The van der Waals surface area contributed by atoms with Crippen molar-refractivity contribution in [3.8, 4) is 0 Å². The van der Waals surface area contributed by atoms with Crippen molar-refractivity contribution in [2.75, 3.05) is 0 Å². The maximum Gasteiger partial charge on any atom is 0.154 e. The molecule has 1 heterocycles. The molecular weight excluding hydrogens is 210 g/mol. The fourth-order valence-corrected chi connectivity index (χ4v) is 1.73. The second-order valence-electron chi connectivity index (χ2n) is 5.95. The van der Waals surface area contributed by atoms with Crippen molar-refractivity contribution in [2.24, 2.45) is 5.73 Å². The molecule has 0 aliphatic heterocycles. The van der Waals surface area contributed by atoms with Gasteiger partial charge in [0.15, 0.2) is 5.82 Å². The lowest BCUT2D eigenvalue weighted by Crippen LogP contribution is -2.15. The Bertz CT molecular complexity index is 447. The van der Waals surface area contributed by atoms with Crippen molar-refractivity contribution < 1.29 is 0 Å². The highest BCUT2D eigenvalue weighted by molar-refractivity contribution is 5.44. The van der Waals surface area contributed by atoms with E-state index in [0.29, 0.717) is 5.92 Å². The largest absolute Gasteiger partial charge is 0.402 e. The van der Waals surface area contributed by atoms with Gasteiger partial charge in [0.05, 0.1) is 5.69 Å². The zero-order valence-corrected chi connectivity index (χ0v) is 11.1. The lowest BCUT2D eigenvalue weighted by molar-refractivity contribution is 0.564. The number of aromatic nitrogens is 2. The molecule has 2 N–H and O–H groups in total. The quantitative estimate of drug-likeness (QED) is 0.851. The Hall–Kier alpha value is -1.38. The van der Waals surface area contributed by atoms with Crippen LogP contribution < -0.4 is 5.73 Å². The molecule has 17 heavy (non-hydrogen) atoms. The smallest absolute Gasteiger partial charge is 0.154 e. The monoisotopic (exact) mass is 231 g/mol. The predicted molar refractivity (Wildman–Crippen MR) is 70.5 cm³/mol. The maximum atomic E-state index is 5.71. The minimum atomic E-state index is 0.0532. The molecular formula is C14H21N3. The molecule has 1 aliphatic rings. The summed E-state index contributed by atoms with van der Waals surface area (Å²) in [5.41, 5.74) is 8.78. The summed E-state index contributed by atoms with van der Waals surface area (Å²) >= 11 is 0. The Morgan fingerprint density at radius 3 is 2.47 bits per heavy atom. The van der Waals surface area contributed by atoms with Gasteiger partial charge in [-0.25, -0.2) is 9.97 Å². The Balaban J connectivity index is 2.46. The predicted octanol–water partition coefficient (Wildman–Crippen LogP) is 2.97. The van der Waals surface area contributed by atoms with E-state index in [1.54, 1.807) is 0 Å². The summed E-state index contributed by atoms with van der Waals surface area (Å²) in [6.07, 6.45) is 4.36. The molecule has 0 atom stereocenters. The molecule has 92 valence electrons. The second-order valence-corrected chi connectivity index (χ2v) is 5.95. The van der Waals surface area contributed by atoms with Crippen molar-refractivity contribution in [3.63, 3.8) is 0 Å². The molecule has 0 saturated heterocycles. The summed E-state index contributed by atoms with van der Waals surface area (Å²) in [6, 6.07) is 2.15. The number of rotatable bonds is 2. The van der Waals surface area contributed by atoms with Crippen LogP contribution in [0, 0.1) is 0 Å². The first-order valence-electron chi connectivity index (χ1n) is 6.19. The molecule has 3 heteroatoms. The maximum absolute atomic E-state index is 5.71. The van der Waals surface area contributed by atoms with Crippen LogP contribution in [0.25, 0.3) is 6.08 Å². The van der Waals surface area contributed by atoms with Crippen molar-refractivity contribution in [3.05, 3.63) is 29.0 Å². The van der Waals surface area contributed by atoms with Crippen molar-refractivity contribution >= 4 is 6.08 Å². The van der Waals surface area contributed by atoms with E-state index in [0.717, 1.165) is 17.2 Å². The molecule has 0 radical (unpaired) electrons. The van der Waals surface area contributed by atoms with Gasteiger partial charge in [0.25, 0.3) is 0 Å². The zero-order chi connectivity index (χ0) is 12.6. The first-order chi connectivity index (χ1) is 7.86. The summed E-state index contributed by atoms with van der Waals surface area (Å²) in [5, 5.41) is 0. The number of nitrogens with two attached hydrogens (primary N) is 1. The standard InChI is InChI=1S/C14H21N3/c1-9(15)7-13-16-11(10-5-6-10)8-12(17-13)14(2,3)4/h7-8,10H,5-6,15H2,1-4H3/b9-7-. The van der Waals surface area contributed by atoms with Gasteiger partial charge in [-0.3, -0.25) is 0 Å². The lowest BCUT2D eigenvalue weighted by Gasteiger charge is -2.19. The van der Waals surface area contributed by atoms with Crippen LogP contribution in [-0.4, -0.2) is 9.97 Å². The fourth-order valence-electron chi connectivity index (χ4n) is 1.73. The van der Waals surface area contributed by atoms with E-state index in [4.69, 9.17) is 5.73 Å². The van der Waals surface area contributed by atoms with E-state index in [-0.39, 0.29) is 5.41 Å². The van der Waals surface area contributed by atoms with Crippen LogP contribution in [0.15, 0.2) is 11.8 Å². The number of allylic oxidation sites excluding steroid dienone is 1. The molecule has 0 amide bonds. The van der Waals surface area contributed by atoms with E-state index < -0.39 is 0 Å². The summed E-state index contributed by atoms with van der Waals surface area (Å²) < 4.78 is 0. The second kappa shape index (κ2) is 4.13. The molecule has 1 fully saturated rings. The molecule has 1 aromatic heterocycles. The molecule has 0 bridgehead atoms. The SMILES string of the molecule is C/C(N)=C/c1nc(C2CC2)cc(C(C)(C)C)n1. The Labute approximate surface area is 103 Å². The topological polar surface area (TPSA) is 51.8 Å². The van der Waals surface area contributed by atoms with E-state index >= 15 is 0 Å². The van der Waals surface area contributed by atoms with Gasteiger partial charge in [-0.15, -0.1) is 0 Å². The fraction of sp³-hybridized carbons (Fsp3) is 0.571. The first kappa shape index (κ1) is 12.1. The van der Waals surface area contributed by atoms with Crippen LogP contribution >= 0.6 is 0 Å². The van der Waals surface area contributed by atoms with E-state index in [9.17, 15) is 0 Å². The number of nitrogens with zero attached hydrogens (tertiary/aromatic N) is 2. The van der Waals surface area contributed by atoms with Crippen molar-refractivity contribution in [1.29, 1.82) is 0 Å². The van der Waals surface area contributed by atoms with Gasteiger partial charge < -0.3 is 5.73 Å². The van der Waals surface area contributed by atoms with Gasteiger partial charge in [0.2, 0.25) is 0 Å². The van der Waals surface area contributed by atoms with Crippen LogP contribution in [0.4, 0.5) is 0 Å². The van der Waals surface area contributed by atoms with E-state index in [1.807, 2.05) is 13.0 Å². The van der Waals surface area contributed by atoms with Gasteiger partial charge >= 0.3 is 0 Å². The zero-order valence-electron chi connectivity index (χ0n) is 11.1. The lowest BCUT2D eigenvalue weighted by atomic mass is 9.91. The highest BCUT2D eigenvalue weighted by Crippen LogP contribution is 2.40. The third kappa shape index (κ3) is 3.05. The molecule has 0 spiro atoms. The molecule has 2 rings (SSSR count). The number of hydrogen-bond donors (Lipinski definition) is 1. The molecule has 1 aromatic rings. The Morgan fingerprint density at radius 2 is 2.00 bits per heavy atom. The number of hydrogen-bond acceptors (Lipinski definition) is 3. The average Bonchev–Trinajstić information content (AvgIpc) is 2.97. The Morgan fingerprint density at radius 1 is 1.35 bits per heavy atom. The van der Waals surface area contributed by atoms with E-state index in [2.05, 4.69) is 36.8 Å². The molecule has 1 saturated carbocycles. The van der Waals surface area contributed by atoms with Gasteiger partial charge in [-0.05, 0) is 25.8 Å². The minimum Gasteiger partial charge on any atom is -0.402 e. The third-order valence-electron chi connectivity index (χ3n) is 2.88. The van der Waals surface area contributed by atoms with Crippen LogP contribution in [0.3, 0.4) is 0 Å². The highest BCUT2D eigenvalue weighted by atomic mass is 14.9. The van der Waals surface area contributed by atoms with Crippen molar-refractivity contribution in [2.45, 2.75) is 51.9 Å². The molecule has 3 nitrogen and oxygen atoms in total. The van der Waals surface area contributed by atoms with Gasteiger partial charge in [0.1, 0.15) is 0 Å². The summed E-state index contributed by atoms with van der Waals surface area (Å²) in [7, 11) is 0. The minimum absolute atomic E-state index is 0.0532. The van der Waals surface area contributed by atoms with Gasteiger partial charge in [-0.1, -0.05) is 20.8 Å². The Kier molecular flexibility index (Phi) is 2.94. The first-order valence-corrected chi connectivity index (χ1v) is 6.19. The summed E-state index contributed by atoms with van der Waals surface area (Å²) in [5.74, 6) is 1.39. The van der Waals surface area contributed by atoms with Crippen LogP contribution in [0.5, 0.6) is 0 Å². The van der Waals surface area contributed by atoms with Crippen molar-refractivity contribution in [1.82, 2.24) is 9.97 Å². The summed E-state index contributed by atoms with van der Waals surface area (Å²) in [6.45, 7) is 8.39. The van der Waals surface area contributed by atoms with Gasteiger partial charge in [-0.2, -0.15) is 0 Å². The molecule has 0 unspecified atom stereocenters. The average molecular weight is 231 g/mol. The summed E-state index contributed by atoms with van der Waals surface area (Å²) in [4.78, 5) is 9.17. The molecule has 1 aliphatic carbocycles. The van der Waals surface area contributed by atoms with E-state index in [1.165, 1.54) is 18.5 Å².